The summed E-state index contributed by atoms with van der Waals surface area (Å²) < 4.78 is 15.3. The van der Waals surface area contributed by atoms with Gasteiger partial charge in [0.15, 0.2) is 0 Å². The summed E-state index contributed by atoms with van der Waals surface area (Å²) in [7, 11) is 0. The standard InChI is InChI=1S/C24H26FN7O/c25-19-7-5-17(6-8-19)23-28-30-32(29-23)16-2-4-22(33)27-20-9-11-21(12-10-20)31-15-1-3-18-13-14-26-24(18)31/h1,3,5-8,13-15,20-21H,2,4,9-12,16H2,(H,27,33). The van der Waals surface area contributed by atoms with E-state index in [2.05, 4.69) is 48.6 Å². The number of carbonyl (C=O) groups excluding carboxylic acids is 1. The molecule has 1 aliphatic carbocycles. The lowest BCUT2D eigenvalue weighted by Gasteiger charge is -2.31. The molecule has 170 valence electrons. The molecule has 1 aromatic heterocycles. The minimum Gasteiger partial charge on any atom is -0.353 e. The molecule has 1 saturated carbocycles. The van der Waals surface area contributed by atoms with Gasteiger partial charge in [-0.1, -0.05) is 0 Å². The topological polar surface area (TPSA) is 90.5 Å². The van der Waals surface area contributed by atoms with Crippen molar-refractivity contribution < 1.29 is 9.18 Å². The molecule has 2 aromatic rings. The van der Waals surface area contributed by atoms with Crippen molar-refractivity contribution >= 4 is 5.91 Å². The first-order valence-electron chi connectivity index (χ1n) is 11.4. The fourth-order valence-corrected chi connectivity index (χ4v) is 4.52. The molecule has 8 nitrogen and oxygen atoms in total. The molecule has 3 aliphatic rings. The van der Waals surface area contributed by atoms with Gasteiger partial charge in [0.2, 0.25) is 11.7 Å². The number of fused-ring (bicyclic) bond motifs is 1. The number of rotatable bonds is 7. The Labute approximate surface area is 191 Å². The molecule has 0 bridgehead atoms. The molecule has 1 fully saturated rings. The van der Waals surface area contributed by atoms with Crippen molar-refractivity contribution in [2.45, 2.75) is 57.2 Å². The van der Waals surface area contributed by atoms with Gasteiger partial charge in [-0.3, -0.25) is 4.79 Å². The van der Waals surface area contributed by atoms with Crippen LogP contribution in [0.5, 0.6) is 0 Å². The van der Waals surface area contributed by atoms with Gasteiger partial charge in [0.05, 0.1) is 6.54 Å². The first kappa shape index (κ1) is 21.2. The maximum Gasteiger partial charge on any atom is 0.220 e. The van der Waals surface area contributed by atoms with Gasteiger partial charge in [-0.25, -0.2) is 9.37 Å². The van der Waals surface area contributed by atoms with Crippen molar-refractivity contribution in [3.05, 3.63) is 60.7 Å². The van der Waals surface area contributed by atoms with Crippen LogP contribution in [0.3, 0.4) is 0 Å². The predicted molar refractivity (Wildman–Crippen MR) is 121 cm³/mol. The minimum atomic E-state index is -0.305. The minimum absolute atomic E-state index is 0.0600. The van der Waals surface area contributed by atoms with Crippen LogP contribution in [0, 0.1) is 5.82 Å². The van der Waals surface area contributed by atoms with Gasteiger partial charge in [0.25, 0.3) is 0 Å². The van der Waals surface area contributed by atoms with Gasteiger partial charge in [-0.15, -0.1) is 10.2 Å². The number of amides is 1. The zero-order valence-electron chi connectivity index (χ0n) is 18.3. The molecule has 0 saturated heterocycles. The monoisotopic (exact) mass is 447 g/mol. The maximum atomic E-state index is 13.1. The van der Waals surface area contributed by atoms with E-state index in [0.29, 0.717) is 36.8 Å². The van der Waals surface area contributed by atoms with Crippen LogP contribution < -0.4 is 5.32 Å². The van der Waals surface area contributed by atoms with E-state index in [-0.39, 0.29) is 17.8 Å². The summed E-state index contributed by atoms with van der Waals surface area (Å²) in [5.41, 5.74) is 1.87. The summed E-state index contributed by atoms with van der Waals surface area (Å²) in [4.78, 5) is 18.4. The largest absolute Gasteiger partial charge is 0.353 e. The van der Waals surface area contributed by atoms with Gasteiger partial charge in [-0.2, -0.15) is 4.80 Å². The van der Waals surface area contributed by atoms with E-state index in [1.807, 2.05) is 12.3 Å². The van der Waals surface area contributed by atoms with Crippen molar-refractivity contribution in [1.82, 2.24) is 35.1 Å². The van der Waals surface area contributed by atoms with Crippen LogP contribution in [0.1, 0.15) is 44.6 Å². The Balaban J connectivity index is 1.05. The van der Waals surface area contributed by atoms with Gasteiger partial charge in [-0.05, 0) is 79.8 Å². The van der Waals surface area contributed by atoms with Gasteiger partial charge >= 0.3 is 0 Å². The summed E-state index contributed by atoms with van der Waals surface area (Å²) in [6.07, 6.45) is 8.98. The van der Waals surface area contributed by atoms with Crippen LogP contribution in [0.4, 0.5) is 4.39 Å². The van der Waals surface area contributed by atoms with E-state index < -0.39 is 0 Å². The Bertz CT molecular complexity index is 1180. The highest BCUT2D eigenvalue weighted by molar-refractivity contribution is 5.76. The molecule has 2 aliphatic heterocycles. The number of tetrazole rings is 1. The van der Waals surface area contributed by atoms with E-state index in [1.54, 1.807) is 12.1 Å². The Kier molecular flexibility index (Phi) is 6.10. The molecule has 1 aromatic carbocycles. The van der Waals surface area contributed by atoms with E-state index in [4.69, 9.17) is 0 Å². The van der Waals surface area contributed by atoms with E-state index >= 15 is 0 Å². The third-order valence-electron chi connectivity index (χ3n) is 6.25. The molecule has 0 atom stereocenters. The number of benzene rings is 1. The average molecular weight is 448 g/mol. The number of hydrogen-bond donors (Lipinski definition) is 1. The fourth-order valence-electron chi connectivity index (χ4n) is 4.52. The van der Waals surface area contributed by atoms with Crippen molar-refractivity contribution in [2.24, 2.45) is 0 Å². The normalized spacial score (nSPS) is 18.5. The maximum absolute atomic E-state index is 13.1. The molecule has 5 rings (SSSR count). The molecule has 0 spiro atoms. The highest BCUT2D eigenvalue weighted by Gasteiger charge is 2.25. The highest BCUT2D eigenvalue weighted by atomic mass is 19.1. The number of nitrogens with zero attached hydrogens (tertiary/aromatic N) is 6. The lowest BCUT2D eigenvalue weighted by Crippen LogP contribution is -2.38. The van der Waals surface area contributed by atoms with Gasteiger partial charge in [0.1, 0.15) is 11.6 Å². The van der Waals surface area contributed by atoms with Crippen molar-refractivity contribution in [3.63, 3.8) is 0 Å². The van der Waals surface area contributed by atoms with Crippen LogP contribution in [0.25, 0.3) is 22.8 Å². The lowest BCUT2D eigenvalue weighted by molar-refractivity contribution is -0.122. The number of carbonyl (C=O) groups is 1. The SMILES string of the molecule is O=C(CCCn1nnc(-c2ccc(F)cc2)n1)NC1CCC(n2cccc3ccnc2-3)CC1. The number of hydrogen-bond acceptors (Lipinski definition) is 5. The molecule has 33 heavy (non-hydrogen) atoms. The lowest BCUT2D eigenvalue weighted by atomic mass is 9.90. The second kappa shape index (κ2) is 9.48. The summed E-state index contributed by atoms with van der Waals surface area (Å²) >= 11 is 0. The molecular formula is C24H26FN7O. The summed E-state index contributed by atoms with van der Waals surface area (Å²) in [6, 6.07) is 12.8. The molecular weight excluding hydrogens is 421 g/mol. The first-order valence-corrected chi connectivity index (χ1v) is 11.4. The van der Waals surface area contributed by atoms with Crippen LogP contribution in [0.2, 0.25) is 0 Å². The number of nitrogens with one attached hydrogen (secondary N) is 1. The average Bonchev–Trinajstić information content (AvgIpc) is 3.50. The van der Waals surface area contributed by atoms with E-state index in [1.165, 1.54) is 22.5 Å². The number of pyridine rings is 1. The Morgan fingerprint density at radius 1 is 1.06 bits per heavy atom. The van der Waals surface area contributed by atoms with Crippen LogP contribution in [-0.4, -0.2) is 41.7 Å². The number of aryl methyl sites for hydroxylation is 1. The van der Waals surface area contributed by atoms with Crippen LogP contribution in [-0.2, 0) is 11.3 Å². The number of halogens is 1. The zero-order valence-corrected chi connectivity index (χ0v) is 18.3. The summed E-state index contributed by atoms with van der Waals surface area (Å²) in [6.45, 7) is 0.502. The predicted octanol–water partition coefficient (Wildman–Crippen LogP) is 3.86. The van der Waals surface area contributed by atoms with Crippen LogP contribution >= 0.6 is 0 Å². The van der Waals surface area contributed by atoms with E-state index in [9.17, 15) is 9.18 Å². The fraction of sp³-hybridized carbons (Fsp3) is 0.375. The zero-order chi connectivity index (χ0) is 22.6. The Morgan fingerprint density at radius 3 is 2.70 bits per heavy atom. The Morgan fingerprint density at radius 2 is 1.88 bits per heavy atom. The van der Waals surface area contributed by atoms with Crippen LogP contribution in [0.15, 0.2) is 54.9 Å². The van der Waals surface area contributed by atoms with Gasteiger partial charge < -0.3 is 9.88 Å². The third-order valence-corrected chi connectivity index (χ3v) is 6.25. The quantitative estimate of drug-likeness (QED) is 0.465. The smallest absolute Gasteiger partial charge is 0.220 e. The Hall–Kier alpha value is -3.62. The van der Waals surface area contributed by atoms with Crippen molar-refractivity contribution in [3.8, 4) is 22.8 Å². The molecule has 9 heteroatoms. The second-order valence-electron chi connectivity index (χ2n) is 8.53. The third kappa shape index (κ3) is 4.92. The molecule has 0 radical (unpaired) electrons. The van der Waals surface area contributed by atoms with E-state index in [0.717, 1.165) is 31.5 Å². The molecule has 3 heterocycles. The highest BCUT2D eigenvalue weighted by Crippen LogP contribution is 2.32. The summed E-state index contributed by atoms with van der Waals surface area (Å²) in [5, 5.41) is 15.5. The van der Waals surface area contributed by atoms with Gasteiger partial charge in [0, 0.05) is 42.0 Å². The molecule has 0 unspecified atom stereocenters. The second-order valence-corrected chi connectivity index (χ2v) is 8.53. The first-order chi connectivity index (χ1) is 16.2. The summed E-state index contributed by atoms with van der Waals surface area (Å²) in [5.74, 6) is 1.24. The molecule has 1 amide bonds. The van der Waals surface area contributed by atoms with Crippen molar-refractivity contribution in [1.29, 1.82) is 0 Å². The number of aromatic nitrogens is 6. The van der Waals surface area contributed by atoms with Crippen molar-refractivity contribution in [2.75, 3.05) is 0 Å². The molecule has 1 N–H and O–H groups in total.